The van der Waals surface area contributed by atoms with Crippen molar-refractivity contribution < 1.29 is 23.8 Å². The standard InChI is InChI=1S/C33H37NO5/c1-23-30(34-32(39-23)26-8-6-5-7-9-26)18-19-38-29-16-12-25(13-17-31(35)36)27(20-29)22-37-21-24-10-14-28(15-11-24)33(2,3)4/h5-12,14-16,20H,13,17-19,21-22H2,1-4H3,(H,35,36). The van der Waals surface area contributed by atoms with Gasteiger partial charge in [-0.15, -0.1) is 0 Å². The van der Waals surface area contributed by atoms with Gasteiger partial charge in [-0.05, 0) is 65.3 Å². The zero-order valence-corrected chi connectivity index (χ0v) is 23.2. The van der Waals surface area contributed by atoms with E-state index in [1.165, 1.54) is 5.56 Å². The third-order valence-electron chi connectivity index (χ3n) is 6.65. The lowest BCUT2D eigenvalue weighted by Crippen LogP contribution is -2.10. The summed E-state index contributed by atoms with van der Waals surface area (Å²) in [6.45, 7) is 9.79. The van der Waals surface area contributed by atoms with Crippen molar-refractivity contribution in [3.63, 3.8) is 0 Å². The first-order chi connectivity index (χ1) is 18.7. The summed E-state index contributed by atoms with van der Waals surface area (Å²) in [5, 5.41) is 9.18. The number of carbonyl (C=O) groups is 1. The van der Waals surface area contributed by atoms with Gasteiger partial charge in [-0.3, -0.25) is 4.79 Å². The van der Waals surface area contributed by atoms with Crippen LogP contribution in [0.5, 0.6) is 5.75 Å². The van der Waals surface area contributed by atoms with E-state index in [0.29, 0.717) is 44.3 Å². The first-order valence-corrected chi connectivity index (χ1v) is 13.3. The van der Waals surface area contributed by atoms with E-state index >= 15 is 0 Å². The molecule has 6 heteroatoms. The molecule has 3 aromatic carbocycles. The van der Waals surface area contributed by atoms with E-state index in [9.17, 15) is 9.90 Å². The van der Waals surface area contributed by atoms with Gasteiger partial charge in [0, 0.05) is 18.4 Å². The van der Waals surface area contributed by atoms with Crippen LogP contribution >= 0.6 is 0 Å². The molecule has 0 amide bonds. The number of benzene rings is 3. The van der Waals surface area contributed by atoms with E-state index < -0.39 is 5.97 Å². The third-order valence-corrected chi connectivity index (χ3v) is 6.65. The van der Waals surface area contributed by atoms with Gasteiger partial charge in [0.25, 0.3) is 0 Å². The number of carboxylic acids is 1. The van der Waals surface area contributed by atoms with Crippen LogP contribution < -0.4 is 4.74 Å². The van der Waals surface area contributed by atoms with Crippen molar-refractivity contribution in [3.05, 3.63) is 107 Å². The normalized spacial score (nSPS) is 11.5. The molecule has 0 spiro atoms. The largest absolute Gasteiger partial charge is 0.493 e. The maximum absolute atomic E-state index is 11.2. The van der Waals surface area contributed by atoms with Gasteiger partial charge in [0.2, 0.25) is 5.89 Å². The zero-order chi connectivity index (χ0) is 27.8. The maximum Gasteiger partial charge on any atom is 0.303 e. The molecule has 6 nitrogen and oxygen atoms in total. The predicted molar refractivity (Wildman–Crippen MR) is 152 cm³/mol. The minimum Gasteiger partial charge on any atom is -0.493 e. The minimum atomic E-state index is -0.820. The topological polar surface area (TPSA) is 81.8 Å². The van der Waals surface area contributed by atoms with E-state index in [1.54, 1.807) is 0 Å². The van der Waals surface area contributed by atoms with Crippen LogP contribution in [0, 0.1) is 6.92 Å². The number of hydrogen-bond acceptors (Lipinski definition) is 5. The van der Waals surface area contributed by atoms with Crippen LogP contribution in [-0.2, 0) is 41.0 Å². The Bertz CT molecular complexity index is 1370. The average Bonchev–Trinajstić information content (AvgIpc) is 3.28. The van der Waals surface area contributed by atoms with Crippen LogP contribution in [0.3, 0.4) is 0 Å². The summed E-state index contributed by atoms with van der Waals surface area (Å²) >= 11 is 0. The van der Waals surface area contributed by atoms with Gasteiger partial charge in [0.1, 0.15) is 11.5 Å². The molecule has 204 valence electrons. The first kappa shape index (κ1) is 28.1. The lowest BCUT2D eigenvalue weighted by atomic mass is 9.87. The molecule has 1 N–H and O–H groups in total. The monoisotopic (exact) mass is 527 g/mol. The number of nitrogens with zero attached hydrogens (tertiary/aromatic N) is 1. The Morgan fingerprint density at radius 2 is 1.67 bits per heavy atom. The fraction of sp³-hybridized carbons (Fsp3) is 0.333. The Morgan fingerprint density at radius 3 is 2.36 bits per heavy atom. The molecule has 0 saturated carbocycles. The van der Waals surface area contributed by atoms with Crippen molar-refractivity contribution >= 4 is 5.97 Å². The second-order valence-corrected chi connectivity index (χ2v) is 10.8. The summed E-state index contributed by atoms with van der Waals surface area (Å²) < 4.78 is 18.0. The van der Waals surface area contributed by atoms with Gasteiger partial charge in [-0.25, -0.2) is 4.98 Å². The molecular formula is C33H37NO5. The summed E-state index contributed by atoms with van der Waals surface area (Å²) in [6, 6.07) is 24.1. The van der Waals surface area contributed by atoms with Gasteiger partial charge in [0.15, 0.2) is 0 Å². The maximum atomic E-state index is 11.2. The Morgan fingerprint density at radius 1 is 0.923 bits per heavy atom. The van der Waals surface area contributed by atoms with Crippen molar-refractivity contribution in [2.45, 2.75) is 65.6 Å². The fourth-order valence-corrected chi connectivity index (χ4v) is 4.32. The van der Waals surface area contributed by atoms with Crippen LogP contribution in [0.25, 0.3) is 11.5 Å². The highest BCUT2D eigenvalue weighted by Gasteiger charge is 2.14. The second-order valence-electron chi connectivity index (χ2n) is 10.8. The molecule has 0 aliphatic heterocycles. The minimum absolute atomic E-state index is 0.0661. The van der Waals surface area contributed by atoms with Crippen LogP contribution in [0.4, 0.5) is 0 Å². The lowest BCUT2D eigenvalue weighted by Gasteiger charge is -2.19. The van der Waals surface area contributed by atoms with Crippen LogP contribution in [-0.4, -0.2) is 22.7 Å². The highest BCUT2D eigenvalue weighted by atomic mass is 16.5. The summed E-state index contributed by atoms with van der Waals surface area (Å²) in [6.07, 6.45) is 1.12. The van der Waals surface area contributed by atoms with E-state index in [2.05, 4.69) is 50.0 Å². The van der Waals surface area contributed by atoms with Crippen LogP contribution in [0.15, 0.2) is 77.2 Å². The molecule has 4 aromatic rings. The van der Waals surface area contributed by atoms with Crippen molar-refractivity contribution in [3.8, 4) is 17.2 Å². The Labute approximate surface area is 230 Å². The molecule has 0 unspecified atom stereocenters. The SMILES string of the molecule is Cc1oc(-c2ccccc2)nc1CCOc1ccc(CCC(=O)O)c(COCc2ccc(C(C)(C)C)cc2)c1. The number of aliphatic carboxylic acids is 1. The smallest absolute Gasteiger partial charge is 0.303 e. The number of rotatable bonds is 12. The summed E-state index contributed by atoms with van der Waals surface area (Å²) in [5.74, 6) is 1.29. The first-order valence-electron chi connectivity index (χ1n) is 13.3. The average molecular weight is 528 g/mol. The Balaban J connectivity index is 1.38. The molecule has 0 aliphatic carbocycles. The molecule has 0 fully saturated rings. The molecule has 0 radical (unpaired) electrons. The van der Waals surface area contributed by atoms with E-state index in [-0.39, 0.29) is 11.8 Å². The second kappa shape index (κ2) is 12.8. The molecule has 39 heavy (non-hydrogen) atoms. The Kier molecular flexibility index (Phi) is 9.20. The number of ether oxygens (including phenoxy) is 2. The van der Waals surface area contributed by atoms with Gasteiger partial charge in [-0.2, -0.15) is 0 Å². The predicted octanol–water partition coefficient (Wildman–Crippen LogP) is 7.30. The summed E-state index contributed by atoms with van der Waals surface area (Å²) in [4.78, 5) is 15.8. The molecule has 0 saturated heterocycles. The van der Waals surface area contributed by atoms with Gasteiger partial charge in [-0.1, -0.05) is 69.3 Å². The number of carboxylic acid groups (broad SMARTS) is 1. The van der Waals surface area contributed by atoms with Crippen molar-refractivity contribution in [2.24, 2.45) is 0 Å². The van der Waals surface area contributed by atoms with Crippen molar-refractivity contribution in [2.75, 3.05) is 6.61 Å². The third kappa shape index (κ3) is 8.04. The highest BCUT2D eigenvalue weighted by molar-refractivity contribution is 5.67. The molecule has 4 rings (SSSR count). The van der Waals surface area contributed by atoms with Crippen molar-refractivity contribution in [1.82, 2.24) is 4.98 Å². The molecule has 0 atom stereocenters. The lowest BCUT2D eigenvalue weighted by molar-refractivity contribution is -0.136. The number of oxazole rings is 1. The fourth-order valence-electron chi connectivity index (χ4n) is 4.32. The molecule has 0 aliphatic rings. The van der Waals surface area contributed by atoms with E-state index in [1.807, 2.05) is 55.5 Å². The summed E-state index contributed by atoms with van der Waals surface area (Å²) in [5.41, 5.74) is 6.18. The van der Waals surface area contributed by atoms with Crippen molar-refractivity contribution in [1.29, 1.82) is 0 Å². The number of aryl methyl sites for hydroxylation is 2. The number of hydrogen-bond donors (Lipinski definition) is 1. The molecular weight excluding hydrogens is 490 g/mol. The number of aromatic nitrogens is 1. The quantitative estimate of drug-likeness (QED) is 0.208. The van der Waals surface area contributed by atoms with Gasteiger partial charge >= 0.3 is 5.97 Å². The molecule has 1 aromatic heterocycles. The van der Waals surface area contributed by atoms with Crippen LogP contribution in [0.1, 0.15) is 60.9 Å². The van der Waals surface area contributed by atoms with E-state index in [4.69, 9.17) is 13.9 Å². The highest BCUT2D eigenvalue weighted by Crippen LogP contribution is 2.25. The zero-order valence-electron chi connectivity index (χ0n) is 23.2. The van der Waals surface area contributed by atoms with Gasteiger partial charge in [0.05, 0.1) is 25.5 Å². The molecule has 1 heterocycles. The van der Waals surface area contributed by atoms with E-state index in [0.717, 1.165) is 33.7 Å². The summed E-state index contributed by atoms with van der Waals surface area (Å²) in [7, 11) is 0. The molecule has 0 bridgehead atoms. The Hall–Kier alpha value is -3.90. The van der Waals surface area contributed by atoms with Gasteiger partial charge < -0.3 is 19.0 Å². The van der Waals surface area contributed by atoms with Crippen LogP contribution in [0.2, 0.25) is 0 Å².